The van der Waals surface area contributed by atoms with Crippen molar-refractivity contribution in [2.24, 2.45) is 17.8 Å². The molecule has 214 valence electrons. The minimum atomic E-state index is -4.67. The number of anilines is 1. The highest BCUT2D eigenvalue weighted by Gasteiger charge is 2.55. The molecule has 1 saturated carbocycles. The highest BCUT2D eigenvalue weighted by Crippen LogP contribution is 2.53. The Bertz CT molecular complexity index is 1470. The van der Waals surface area contributed by atoms with E-state index in [-0.39, 0.29) is 35.2 Å². The van der Waals surface area contributed by atoms with E-state index in [0.717, 1.165) is 29.9 Å². The van der Waals surface area contributed by atoms with Crippen molar-refractivity contribution in [3.05, 3.63) is 46.9 Å². The minimum absolute atomic E-state index is 0.147. The van der Waals surface area contributed by atoms with Crippen LogP contribution in [-0.2, 0) is 4.74 Å². The quantitative estimate of drug-likeness (QED) is 0.283. The lowest BCUT2D eigenvalue weighted by atomic mass is 10.0. The van der Waals surface area contributed by atoms with Crippen molar-refractivity contribution in [2.45, 2.75) is 45.5 Å². The fourth-order valence-electron chi connectivity index (χ4n) is 4.94. The van der Waals surface area contributed by atoms with Gasteiger partial charge in [-0.05, 0) is 63.1 Å². The van der Waals surface area contributed by atoms with Crippen LogP contribution >= 0.6 is 11.6 Å². The summed E-state index contributed by atoms with van der Waals surface area (Å²) < 4.78 is 77.1. The zero-order valence-corrected chi connectivity index (χ0v) is 22.7. The molecule has 2 aliphatic rings. The molecule has 14 heteroatoms. The van der Waals surface area contributed by atoms with Crippen molar-refractivity contribution in [1.29, 1.82) is 0 Å². The van der Waals surface area contributed by atoms with Crippen molar-refractivity contribution in [3.8, 4) is 11.1 Å². The first-order valence-electron chi connectivity index (χ1n) is 12.5. The first-order valence-corrected chi connectivity index (χ1v) is 12.9. The number of benzene rings is 1. The van der Waals surface area contributed by atoms with E-state index in [9.17, 15) is 18.0 Å². The molecule has 1 saturated heterocycles. The highest BCUT2D eigenvalue weighted by molar-refractivity contribution is 6.33. The number of likely N-dealkylation sites (tertiary alicyclic amines) is 1. The van der Waals surface area contributed by atoms with E-state index in [0.29, 0.717) is 13.1 Å². The number of hydrogen-bond donors (Lipinski definition) is 1. The number of aromatic nitrogens is 4. The number of allylic oxidation sites excluding steroid dienone is 1. The van der Waals surface area contributed by atoms with Gasteiger partial charge in [0.05, 0.1) is 11.1 Å². The average molecular weight is 585 g/mol. The van der Waals surface area contributed by atoms with Crippen LogP contribution in [0.25, 0.3) is 23.0 Å². The minimum Gasteiger partial charge on any atom is -0.444 e. The molecule has 1 unspecified atom stereocenters. The summed E-state index contributed by atoms with van der Waals surface area (Å²) in [6, 6.07) is 0.0346. The molecular weight excluding hydrogens is 559 g/mol. The summed E-state index contributed by atoms with van der Waals surface area (Å²) in [5.74, 6) is -2.01. The maximum absolute atomic E-state index is 15.4. The van der Waals surface area contributed by atoms with Gasteiger partial charge >= 0.3 is 12.3 Å². The second-order valence-corrected chi connectivity index (χ2v) is 11.4. The molecule has 3 aromatic rings. The number of nitrogens with zero attached hydrogens (tertiary/aromatic N) is 5. The predicted molar refractivity (Wildman–Crippen MR) is 138 cm³/mol. The molecule has 5 rings (SSSR count). The van der Waals surface area contributed by atoms with Crippen LogP contribution in [0.2, 0.25) is 5.15 Å². The third-order valence-electron chi connectivity index (χ3n) is 6.96. The predicted octanol–water partition coefficient (Wildman–Crippen LogP) is 6.21. The number of carbonyl (C=O) groups is 1. The molecule has 8 nitrogen and oxygen atoms in total. The van der Waals surface area contributed by atoms with Gasteiger partial charge in [-0.3, -0.25) is 0 Å². The van der Waals surface area contributed by atoms with E-state index in [2.05, 4.69) is 20.4 Å². The summed E-state index contributed by atoms with van der Waals surface area (Å²) in [5, 5.41) is 5.60. The molecule has 1 amide bonds. The maximum atomic E-state index is 15.4. The summed E-state index contributed by atoms with van der Waals surface area (Å²) in [4.78, 5) is 21.7. The number of amides is 1. The van der Waals surface area contributed by atoms with Crippen LogP contribution in [0.1, 0.15) is 33.3 Å². The van der Waals surface area contributed by atoms with E-state index in [1.54, 1.807) is 31.7 Å². The monoisotopic (exact) mass is 584 g/mol. The van der Waals surface area contributed by atoms with Crippen LogP contribution < -0.4 is 5.32 Å². The van der Waals surface area contributed by atoms with E-state index in [1.165, 1.54) is 0 Å². The van der Waals surface area contributed by atoms with Gasteiger partial charge in [0.25, 0.3) is 5.78 Å². The number of nitrogens with one attached hydrogen (secondary N) is 1. The second-order valence-electron chi connectivity index (χ2n) is 11.0. The van der Waals surface area contributed by atoms with Gasteiger partial charge in [0.15, 0.2) is 0 Å². The van der Waals surface area contributed by atoms with Crippen molar-refractivity contribution < 1.29 is 31.5 Å². The SMILES string of the molecule is C[C@H](Nc1c(-c2c(F)cc(/C=C/C3[C@H]4CN(C(=O)OC(C)(C)C)C[C@@H]34)cc2F)c(Cl)nc2ncnn12)C(F)(F)F. The molecule has 4 atom stereocenters. The molecule has 1 aromatic carbocycles. The van der Waals surface area contributed by atoms with Gasteiger partial charge in [0.1, 0.15) is 40.6 Å². The largest absolute Gasteiger partial charge is 0.444 e. The number of carbonyl (C=O) groups excluding carboxylic acids is 1. The maximum Gasteiger partial charge on any atom is 0.410 e. The lowest BCUT2D eigenvalue weighted by molar-refractivity contribution is -0.138. The summed E-state index contributed by atoms with van der Waals surface area (Å²) in [6.45, 7) is 7.33. The lowest BCUT2D eigenvalue weighted by Gasteiger charge is -2.25. The molecule has 2 aromatic heterocycles. The van der Waals surface area contributed by atoms with Crippen molar-refractivity contribution >= 4 is 35.4 Å². The Morgan fingerprint density at radius 1 is 1.15 bits per heavy atom. The van der Waals surface area contributed by atoms with Gasteiger partial charge in [0.2, 0.25) is 0 Å². The van der Waals surface area contributed by atoms with Crippen LogP contribution in [0.3, 0.4) is 0 Å². The van der Waals surface area contributed by atoms with Crippen LogP contribution in [0, 0.1) is 29.4 Å². The number of halogens is 6. The second kappa shape index (κ2) is 9.86. The van der Waals surface area contributed by atoms with Gasteiger partial charge in [0, 0.05) is 13.1 Å². The van der Waals surface area contributed by atoms with Gasteiger partial charge in [-0.15, -0.1) is 0 Å². The van der Waals surface area contributed by atoms with Crippen molar-refractivity contribution in [1.82, 2.24) is 24.5 Å². The molecule has 1 aliphatic heterocycles. The first kappa shape index (κ1) is 28.1. The average Bonchev–Trinajstić information content (AvgIpc) is 3.14. The van der Waals surface area contributed by atoms with E-state index < -0.39 is 51.6 Å². The molecule has 2 fully saturated rings. The third-order valence-corrected chi connectivity index (χ3v) is 7.24. The van der Waals surface area contributed by atoms with Gasteiger partial charge in [-0.1, -0.05) is 23.8 Å². The van der Waals surface area contributed by atoms with Gasteiger partial charge < -0.3 is 15.0 Å². The Kier molecular flexibility index (Phi) is 6.92. The summed E-state index contributed by atoms with van der Waals surface area (Å²) >= 11 is 6.22. The number of alkyl halides is 3. The fourth-order valence-corrected chi connectivity index (χ4v) is 5.20. The van der Waals surface area contributed by atoms with Crippen LogP contribution in [0.4, 0.5) is 32.6 Å². The molecule has 3 heterocycles. The van der Waals surface area contributed by atoms with Crippen LogP contribution in [0.5, 0.6) is 0 Å². The Labute approximate surface area is 231 Å². The van der Waals surface area contributed by atoms with E-state index in [4.69, 9.17) is 16.3 Å². The zero-order valence-electron chi connectivity index (χ0n) is 21.9. The van der Waals surface area contributed by atoms with Gasteiger partial charge in [-0.25, -0.2) is 13.6 Å². The first-order chi connectivity index (χ1) is 18.6. The zero-order chi connectivity index (χ0) is 29.1. The molecule has 0 spiro atoms. The standard InChI is InChI=1S/C26H26ClF5N6O2/c1-12(26(30,31)32)35-22-20(21(27)36-23-33-11-34-38(22)23)19-17(28)7-13(8-18(19)29)5-6-14-15-9-37(10-16(14)15)24(39)40-25(2,3)4/h5-8,11-12,14-16,35H,9-10H2,1-4H3/b6-5+/t12-,14?,15-,16+/m0/s1. The Balaban J connectivity index is 1.38. The fraction of sp³-hybridized carbons (Fsp3) is 0.462. The van der Waals surface area contributed by atoms with Crippen molar-refractivity contribution in [2.75, 3.05) is 18.4 Å². The summed E-state index contributed by atoms with van der Waals surface area (Å²) in [6.07, 6.45) is -0.563. The smallest absolute Gasteiger partial charge is 0.410 e. The number of hydrogen-bond acceptors (Lipinski definition) is 6. The Morgan fingerprint density at radius 2 is 1.77 bits per heavy atom. The third kappa shape index (κ3) is 5.43. The van der Waals surface area contributed by atoms with Crippen LogP contribution in [0.15, 0.2) is 24.5 Å². The topological polar surface area (TPSA) is 84.7 Å². The van der Waals surface area contributed by atoms with E-state index >= 15 is 8.78 Å². The molecule has 1 N–H and O–H groups in total. The number of fused-ring (bicyclic) bond motifs is 2. The molecule has 0 radical (unpaired) electrons. The van der Waals surface area contributed by atoms with Crippen molar-refractivity contribution in [3.63, 3.8) is 0 Å². The molecule has 40 heavy (non-hydrogen) atoms. The molecule has 1 aliphatic carbocycles. The van der Waals surface area contributed by atoms with Crippen LogP contribution in [-0.4, -0.2) is 61.5 Å². The lowest BCUT2D eigenvalue weighted by Crippen LogP contribution is -2.36. The Morgan fingerprint density at radius 3 is 2.35 bits per heavy atom. The molecule has 0 bridgehead atoms. The Hall–Kier alpha value is -3.48. The normalized spacial score (nSPS) is 21.6. The number of ether oxygens (including phenoxy) is 1. The van der Waals surface area contributed by atoms with E-state index in [1.807, 2.05) is 6.08 Å². The molecular formula is C26H26ClF5N6O2. The number of piperidine rings is 1. The highest BCUT2D eigenvalue weighted by atomic mass is 35.5. The van der Waals surface area contributed by atoms with Gasteiger partial charge in [-0.2, -0.15) is 32.8 Å². The number of rotatable bonds is 5. The summed E-state index contributed by atoms with van der Waals surface area (Å²) in [5.41, 5.74) is -1.43. The summed E-state index contributed by atoms with van der Waals surface area (Å²) in [7, 11) is 0.